The number of nitrogens with zero attached hydrogens (tertiary/aromatic N) is 1. The summed E-state index contributed by atoms with van der Waals surface area (Å²) in [7, 11) is 0. The summed E-state index contributed by atoms with van der Waals surface area (Å²) in [6.45, 7) is -0.684. The van der Waals surface area contributed by atoms with Crippen molar-refractivity contribution in [3.63, 3.8) is 0 Å². The van der Waals surface area contributed by atoms with Crippen molar-refractivity contribution in [2.24, 2.45) is 0 Å². The van der Waals surface area contributed by atoms with Gasteiger partial charge in [0.1, 0.15) is 6.54 Å². The number of fused-ring (bicyclic) bond motifs is 1. The minimum Gasteiger partial charge on any atom is -0.360 e. The second-order valence-corrected chi connectivity index (χ2v) is 5.63. The first-order chi connectivity index (χ1) is 12.8. The van der Waals surface area contributed by atoms with Crippen LogP contribution in [-0.4, -0.2) is 21.4 Å². The van der Waals surface area contributed by atoms with E-state index in [4.69, 9.17) is 0 Å². The van der Waals surface area contributed by atoms with E-state index >= 15 is 0 Å². The fraction of sp³-hybridized carbons (Fsp3) is 0.118. The van der Waals surface area contributed by atoms with Gasteiger partial charge in [-0.25, -0.2) is 0 Å². The lowest BCUT2D eigenvalue weighted by Gasteiger charge is -2.11. The molecule has 7 nitrogen and oxygen atoms in total. The fourth-order valence-corrected chi connectivity index (χ4v) is 2.47. The van der Waals surface area contributed by atoms with Crippen LogP contribution in [0.1, 0.15) is 15.9 Å². The highest BCUT2D eigenvalue weighted by molar-refractivity contribution is 6.07. The molecule has 1 aromatic carbocycles. The van der Waals surface area contributed by atoms with Gasteiger partial charge in [-0.3, -0.25) is 25.2 Å². The average molecular weight is 378 g/mol. The summed E-state index contributed by atoms with van der Waals surface area (Å²) < 4.78 is 38.7. The molecule has 0 saturated carbocycles. The van der Waals surface area contributed by atoms with Crippen LogP contribution in [0.4, 0.5) is 13.2 Å². The predicted molar refractivity (Wildman–Crippen MR) is 89.6 cm³/mol. The second kappa shape index (κ2) is 6.98. The molecular formula is C17H13F3N4O3. The van der Waals surface area contributed by atoms with Crippen LogP contribution < -0.4 is 16.4 Å². The zero-order valence-electron chi connectivity index (χ0n) is 13.6. The number of hydrogen-bond donors (Lipinski definition) is 3. The Hall–Kier alpha value is -3.56. The number of hydrogen-bond acceptors (Lipinski definition) is 3. The quantitative estimate of drug-likeness (QED) is 0.607. The highest BCUT2D eigenvalue weighted by atomic mass is 19.4. The molecule has 0 aliphatic heterocycles. The van der Waals surface area contributed by atoms with Crippen molar-refractivity contribution in [2.75, 3.05) is 0 Å². The van der Waals surface area contributed by atoms with Gasteiger partial charge in [-0.15, -0.1) is 0 Å². The first-order valence-corrected chi connectivity index (χ1v) is 7.68. The monoisotopic (exact) mass is 378 g/mol. The van der Waals surface area contributed by atoms with E-state index < -0.39 is 35.7 Å². The molecule has 3 rings (SSSR count). The summed E-state index contributed by atoms with van der Waals surface area (Å²) in [4.78, 5) is 38.6. The van der Waals surface area contributed by atoms with Crippen LogP contribution in [0, 0.1) is 0 Å². The molecule has 2 heterocycles. The number of rotatable bonds is 3. The molecule has 0 radical (unpaired) electrons. The minimum atomic E-state index is -4.64. The van der Waals surface area contributed by atoms with Gasteiger partial charge in [0.25, 0.3) is 17.4 Å². The number of hydrazine groups is 1. The van der Waals surface area contributed by atoms with Crippen LogP contribution in [0.15, 0.2) is 53.6 Å². The molecular weight excluding hydrogens is 365 g/mol. The maximum absolute atomic E-state index is 12.7. The van der Waals surface area contributed by atoms with Crippen LogP contribution in [0.5, 0.6) is 0 Å². The van der Waals surface area contributed by atoms with Crippen LogP contribution in [0.3, 0.4) is 0 Å². The van der Waals surface area contributed by atoms with Crippen molar-refractivity contribution in [2.45, 2.75) is 12.7 Å². The molecule has 0 atom stereocenters. The number of alkyl halides is 3. The molecule has 0 spiro atoms. The minimum absolute atomic E-state index is 0.280. The molecule has 0 aliphatic rings. The van der Waals surface area contributed by atoms with E-state index in [1.807, 2.05) is 0 Å². The molecule has 27 heavy (non-hydrogen) atoms. The van der Waals surface area contributed by atoms with Gasteiger partial charge in [0.05, 0.1) is 11.1 Å². The number of carbonyl (C=O) groups is 2. The third-order valence-electron chi connectivity index (χ3n) is 3.77. The molecule has 0 bridgehead atoms. The van der Waals surface area contributed by atoms with E-state index in [1.165, 1.54) is 6.20 Å². The Kier molecular flexibility index (Phi) is 4.72. The third kappa shape index (κ3) is 4.00. The lowest BCUT2D eigenvalue weighted by molar-refractivity contribution is -0.138. The van der Waals surface area contributed by atoms with E-state index in [2.05, 4.69) is 15.8 Å². The zero-order chi connectivity index (χ0) is 19.6. The van der Waals surface area contributed by atoms with E-state index in [1.54, 1.807) is 24.3 Å². The lowest BCUT2D eigenvalue weighted by Crippen LogP contribution is -2.44. The molecule has 3 aromatic rings. The number of H-pyrrole nitrogens is 1. The van der Waals surface area contributed by atoms with Crippen molar-refractivity contribution in [1.82, 2.24) is 20.4 Å². The first-order valence-electron chi connectivity index (χ1n) is 7.68. The van der Waals surface area contributed by atoms with E-state index in [-0.39, 0.29) is 5.56 Å². The molecule has 3 N–H and O–H groups in total. The maximum Gasteiger partial charge on any atom is 0.417 e. The van der Waals surface area contributed by atoms with Gasteiger partial charge in [-0.2, -0.15) is 13.2 Å². The highest BCUT2D eigenvalue weighted by Gasteiger charge is 2.31. The summed E-state index contributed by atoms with van der Waals surface area (Å²) in [6, 6.07) is 8.37. The van der Waals surface area contributed by atoms with Gasteiger partial charge < -0.3 is 9.55 Å². The van der Waals surface area contributed by atoms with Gasteiger partial charge in [0.15, 0.2) is 0 Å². The zero-order valence-corrected chi connectivity index (χ0v) is 13.6. The molecule has 2 aromatic heterocycles. The number of carbonyl (C=O) groups excluding carboxylic acids is 2. The fourth-order valence-electron chi connectivity index (χ4n) is 2.47. The molecule has 0 fully saturated rings. The van der Waals surface area contributed by atoms with Gasteiger partial charge in [0, 0.05) is 29.4 Å². The van der Waals surface area contributed by atoms with Crippen LogP contribution in [0.2, 0.25) is 0 Å². The molecule has 0 unspecified atom stereocenters. The van der Waals surface area contributed by atoms with Gasteiger partial charge in [-0.1, -0.05) is 18.2 Å². The summed E-state index contributed by atoms with van der Waals surface area (Å²) >= 11 is 0. The van der Waals surface area contributed by atoms with Crippen molar-refractivity contribution in [3.05, 3.63) is 70.3 Å². The summed E-state index contributed by atoms with van der Waals surface area (Å²) in [6.07, 6.45) is -2.64. The van der Waals surface area contributed by atoms with Crippen molar-refractivity contribution in [3.8, 4) is 0 Å². The van der Waals surface area contributed by atoms with Gasteiger partial charge in [0.2, 0.25) is 0 Å². The third-order valence-corrected chi connectivity index (χ3v) is 3.77. The smallest absolute Gasteiger partial charge is 0.360 e. The molecule has 2 amide bonds. The Bertz CT molecular complexity index is 1070. The Morgan fingerprint density at radius 2 is 1.81 bits per heavy atom. The molecule has 10 heteroatoms. The number of pyridine rings is 1. The number of aromatic nitrogens is 2. The molecule has 140 valence electrons. The number of halogens is 3. The van der Waals surface area contributed by atoms with Crippen LogP contribution in [-0.2, 0) is 17.5 Å². The van der Waals surface area contributed by atoms with Crippen molar-refractivity contribution in [1.29, 1.82) is 0 Å². The van der Waals surface area contributed by atoms with E-state index in [9.17, 15) is 27.6 Å². The average Bonchev–Trinajstić information content (AvgIpc) is 3.05. The molecule has 0 aliphatic carbocycles. The number of para-hydroxylation sites is 1. The van der Waals surface area contributed by atoms with E-state index in [0.29, 0.717) is 22.2 Å². The maximum atomic E-state index is 12.7. The number of nitrogens with one attached hydrogen (secondary N) is 3. The Balaban J connectivity index is 1.66. The SMILES string of the molecule is O=C(Cn1cc(C(F)(F)F)ccc1=O)NNC(=O)c1c[nH]c2ccccc12. The van der Waals surface area contributed by atoms with Crippen molar-refractivity contribution >= 4 is 22.7 Å². The standard InChI is InChI=1S/C17H13F3N4O3/c18-17(19,20)10-5-6-15(26)24(8-10)9-14(25)22-23-16(27)12-7-21-13-4-2-1-3-11(12)13/h1-8,21H,9H2,(H,22,25)(H,23,27). The second-order valence-electron chi connectivity index (χ2n) is 5.63. The largest absolute Gasteiger partial charge is 0.417 e. The summed E-state index contributed by atoms with van der Waals surface area (Å²) in [5.74, 6) is -1.47. The summed E-state index contributed by atoms with van der Waals surface area (Å²) in [5.41, 5.74) is 3.41. The number of amides is 2. The Morgan fingerprint density at radius 1 is 1.07 bits per heavy atom. The Morgan fingerprint density at radius 3 is 2.56 bits per heavy atom. The van der Waals surface area contributed by atoms with Crippen LogP contribution in [0.25, 0.3) is 10.9 Å². The number of benzene rings is 1. The Labute approximate surface area is 149 Å². The van der Waals surface area contributed by atoms with Gasteiger partial charge >= 0.3 is 6.18 Å². The first kappa shape index (κ1) is 18.2. The summed E-state index contributed by atoms with van der Waals surface area (Å²) in [5, 5.41) is 0.637. The van der Waals surface area contributed by atoms with E-state index in [0.717, 1.165) is 11.6 Å². The molecule has 0 saturated heterocycles. The normalized spacial score (nSPS) is 11.4. The van der Waals surface area contributed by atoms with Crippen LogP contribution >= 0.6 is 0 Å². The topological polar surface area (TPSA) is 96.0 Å². The predicted octanol–water partition coefficient (Wildman–Crippen LogP) is 1.81. The highest BCUT2D eigenvalue weighted by Crippen LogP contribution is 2.27. The van der Waals surface area contributed by atoms with Gasteiger partial charge in [-0.05, 0) is 12.1 Å². The lowest BCUT2D eigenvalue weighted by atomic mass is 10.2. The van der Waals surface area contributed by atoms with Crippen molar-refractivity contribution < 1.29 is 22.8 Å². The number of aromatic amines is 1.